The second-order valence-corrected chi connectivity index (χ2v) is 7.82. The molecule has 0 amide bonds. The number of carboxylic acid groups (broad SMARTS) is 1. The molecule has 0 bridgehead atoms. The third-order valence-electron chi connectivity index (χ3n) is 5.49. The molecule has 10 heteroatoms. The van der Waals surface area contributed by atoms with Crippen molar-refractivity contribution in [3.8, 4) is 5.88 Å². The smallest absolute Gasteiger partial charge is 0.545 e. The number of rotatable bonds is 6. The Morgan fingerprint density at radius 3 is 2.31 bits per heavy atom. The molecule has 4 rings (SSSR count). The molecule has 1 heterocycles. The fourth-order valence-electron chi connectivity index (χ4n) is 3.91. The predicted molar refractivity (Wildman–Crippen MR) is 111 cm³/mol. The van der Waals surface area contributed by atoms with Crippen LogP contribution < -0.4 is 39.4 Å². The van der Waals surface area contributed by atoms with Gasteiger partial charge in [-0.3, -0.25) is 0 Å². The van der Waals surface area contributed by atoms with Crippen molar-refractivity contribution < 1.29 is 66.1 Å². The summed E-state index contributed by atoms with van der Waals surface area (Å²) < 4.78 is 73.2. The van der Waals surface area contributed by atoms with E-state index in [4.69, 9.17) is 4.74 Å². The quantitative estimate of drug-likeness (QED) is 0.388. The molecule has 0 unspecified atom stereocenters. The predicted octanol–water partition coefficient (Wildman–Crippen LogP) is 2.42. The third kappa shape index (κ3) is 6.28. The Bertz CT molecular complexity index is 1270. The molecule has 2 aromatic carbocycles. The average Bonchev–Trinajstić information content (AvgIpc) is 3.27. The first-order chi connectivity index (χ1) is 16.1. The number of aromatic nitrogens is 1. The molecule has 0 fully saturated rings. The first-order valence-corrected chi connectivity index (χ1v) is 10.3. The maximum Gasteiger partial charge on any atom is 1.00 e. The summed E-state index contributed by atoms with van der Waals surface area (Å²) in [6.45, 7) is -0.0664. The summed E-state index contributed by atoms with van der Waals surface area (Å²) in [5.74, 6) is -2.87. The molecule has 3 aromatic rings. The minimum absolute atomic E-state index is 0. The van der Waals surface area contributed by atoms with Gasteiger partial charge >= 0.3 is 35.7 Å². The van der Waals surface area contributed by atoms with Crippen LogP contribution in [-0.2, 0) is 12.8 Å². The number of benzene rings is 2. The van der Waals surface area contributed by atoms with Gasteiger partial charge in [0.1, 0.15) is 18.2 Å². The van der Waals surface area contributed by atoms with Crippen LogP contribution >= 0.6 is 0 Å². The Labute approximate surface area is 219 Å². The van der Waals surface area contributed by atoms with E-state index >= 15 is 0 Å². The molecule has 0 N–H and O–H groups in total. The van der Waals surface area contributed by atoms with Crippen LogP contribution in [0.3, 0.4) is 0 Å². The van der Waals surface area contributed by atoms with E-state index in [1.54, 1.807) is 0 Å². The molecular weight excluding hydrogens is 480 g/mol. The SMILES string of the molecule is O=C([O-])c1cc(F)cc(C2=C(c3cc(C(F)(F)F)cnc3OCc3ccc(F)cc3)CCC2)c1.[Na+]. The first kappa shape index (κ1) is 26.8. The fourth-order valence-corrected chi connectivity index (χ4v) is 3.91. The molecule has 1 aromatic heterocycles. The van der Waals surface area contributed by atoms with Crippen LogP contribution in [0.2, 0.25) is 0 Å². The molecule has 0 atom stereocenters. The molecule has 1 aliphatic carbocycles. The van der Waals surface area contributed by atoms with E-state index in [-0.39, 0.29) is 58.7 Å². The molecule has 0 aliphatic heterocycles. The van der Waals surface area contributed by atoms with Crippen molar-refractivity contribution in [1.82, 2.24) is 4.98 Å². The maximum atomic E-state index is 14.1. The zero-order valence-corrected chi connectivity index (χ0v) is 20.6. The fraction of sp³-hybridized carbons (Fsp3) is 0.200. The van der Waals surface area contributed by atoms with E-state index in [1.807, 2.05) is 0 Å². The molecule has 0 radical (unpaired) electrons. The van der Waals surface area contributed by atoms with Crippen LogP contribution in [0.25, 0.3) is 11.1 Å². The zero-order chi connectivity index (χ0) is 24.5. The first-order valence-electron chi connectivity index (χ1n) is 10.3. The Morgan fingerprint density at radius 2 is 1.66 bits per heavy atom. The van der Waals surface area contributed by atoms with Crippen LogP contribution in [0.5, 0.6) is 5.88 Å². The van der Waals surface area contributed by atoms with E-state index in [0.29, 0.717) is 42.2 Å². The van der Waals surface area contributed by atoms with Gasteiger partial charge in [0.25, 0.3) is 0 Å². The van der Waals surface area contributed by atoms with E-state index in [1.165, 1.54) is 30.3 Å². The Hall–Kier alpha value is -2.75. The number of hydrogen-bond donors (Lipinski definition) is 0. The van der Waals surface area contributed by atoms with Gasteiger partial charge in [0.2, 0.25) is 5.88 Å². The zero-order valence-electron chi connectivity index (χ0n) is 18.6. The van der Waals surface area contributed by atoms with E-state index in [0.717, 1.165) is 18.2 Å². The second kappa shape index (κ2) is 10.9. The summed E-state index contributed by atoms with van der Waals surface area (Å²) in [5, 5.41) is 11.2. The molecule has 4 nitrogen and oxygen atoms in total. The Morgan fingerprint density at radius 1 is 0.971 bits per heavy atom. The van der Waals surface area contributed by atoms with Gasteiger partial charge in [0.15, 0.2) is 0 Å². The summed E-state index contributed by atoms with van der Waals surface area (Å²) in [4.78, 5) is 15.1. The van der Waals surface area contributed by atoms with E-state index in [9.17, 15) is 31.9 Å². The number of carbonyl (C=O) groups is 1. The van der Waals surface area contributed by atoms with Crippen molar-refractivity contribution in [3.63, 3.8) is 0 Å². The van der Waals surface area contributed by atoms with Crippen LogP contribution in [0.1, 0.15) is 51.9 Å². The standard InChI is InChI=1S/C25H18F5NO3.Na/c26-18-6-4-14(5-7-18)13-34-23-22(11-17(12-31-23)25(28,29)30)21-3-1-2-20(21)15-8-16(24(32)33)10-19(27)9-15;/h4-12H,1-3,13H2,(H,32,33);/q;+1/p-1. The largest absolute Gasteiger partial charge is 1.00 e. The van der Waals surface area contributed by atoms with Gasteiger partial charge in [-0.15, -0.1) is 0 Å². The minimum atomic E-state index is -4.66. The van der Waals surface area contributed by atoms with Crippen molar-refractivity contribution in [3.05, 3.63) is 94.2 Å². The van der Waals surface area contributed by atoms with Crippen LogP contribution in [0.4, 0.5) is 22.0 Å². The second-order valence-electron chi connectivity index (χ2n) is 7.82. The number of nitrogens with zero attached hydrogens (tertiary/aromatic N) is 1. The maximum absolute atomic E-state index is 14.1. The number of aromatic carboxylic acids is 1. The summed E-state index contributed by atoms with van der Waals surface area (Å²) in [5.41, 5.74) is 0.529. The summed E-state index contributed by atoms with van der Waals surface area (Å²) in [6.07, 6.45) is -2.66. The minimum Gasteiger partial charge on any atom is -0.545 e. The number of allylic oxidation sites excluding steroid dienone is 2. The van der Waals surface area contributed by atoms with Crippen molar-refractivity contribution in [2.75, 3.05) is 0 Å². The van der Waals surface area contributed by atoms with Crippen LogP contribution in [0.15, 0.2) is 54.7 Å². The molecule has 0 saturated carbocycles. The molecule has 176 valence electrons. The number of hydrogen-bond acceptors (Lipinski definition) is 4. The van der Waals surface area contributed by atoms with Crippen molar-refractivity contribution in [1.29, 1.82) is 0 Å². The van der Waals surface area contributed by atoms with Gasteiger partial charge in [-0.05, 0) is 77.9 Å². The molecular formula is C25H17F5NNaO3. The number of pyridine rings is 1. The molecule has 35 heavy (non-hydrogen) atoms. The van der Waals surface area contributed by atoms with Gasteiger partial charge < -0.3 is 14.6 Å². The van der Waals surface area contributed by atoms with E-state index in [2.05, 4.69) is 4.98 Å². The Kier molecular flexibility index (Phi) is 8.35. The third-order valence-corrected chi connectivity index (χ3v) is 5.49. The monoisotopic (exact) mass is 497 g/mol. The number of alkyl halides is 3. The summed E-state index contributed by atoms with van der Waals surface area (Å²) >= 11 is 0. The van der Waals surface area contributed by atoms with Crippen molar-refractivity contribution >= 4 is 17.1 Å². The van der Waals surface area contributed by atoms with Crippen molar-refractivity contribution in [2.24, 2.45) is 0 Å². The van der Waals surface area contributed by atoms with Gasteiger partial charge in [0.05, 0.1) is 11.5 Å². The number of halogens is 5. The molecule has 1 aliphatic rings. The topological polar surface area (TPSA) is 62.2 Å². The number of carbonyl (C=O) groups excluding carboxylic acids is 1. The van der Waals surface area contributed by atoms with Crippen molar-refractivity contribution in [2.45, 2.75) is 32.0 Å². The average molecular weight is 497 g/mol. The summed E-state index contributed by atoms with van der Waals surface area (Å²) in [6, 6.07) is 9.53. The van der Waals surface area contributed by atoms with Gasteiger partial charge in [-0.25, -0.2) is 13.8 Å². The van der Waals surface area contributed by atoms with Crippen LogP contribution in [-0.4, -0.2) is 11.0 Å². The van der Waals surface area contributed by atoms with Gasteiger partial charge in [-0.2, -0.15) is 13.2 Å². The summed E-state index contributed by atoms with van der Waals surface area (Å²) in [7, 11) is 0. The number of ether oxygens (including phenoxy) is 1. The van der Waals surface area contributed by atoms with Crippen LogP contribution in [0, 0.1) is 11.6 Å². The van der Waals surface area contributed by atoms with Gasteiger partial charge in [-0.1, -0.05) is 12.1 Å². The van der Waals surface area contributed by atoms with E-state index < -0.39 is 29.3 Å². The molecule has 0 spiro atoms. The number of carboxylic acids is 1. The molecule has 0 saturated heterocycles. The normalized spacial score (nSPS) is 13.5. The van der Waals surface area contributed by atoms with Gasteiger partial charge in [0, 0.05) is 17.3 Å². The Balaban J connectivity index is 0.00000342.